The summed E-state index contributed by atoms with van der Waals surface area (Å²) in [6.45, 7) is 0. The number of carbonyl (C=O) groups is 2. The van der Waals surface area contributed by atoms with Gasteiger partial charge in [-0.25, -0.2) is 4.79 Å². The molecule has 0 saturated carbocycles. The van der Waals surface area contributed by atoms with Crippen molar-refractivity contribution in [2.75, 3.05) is 5.32 Å². The zero-order valence-corrected chi connectivity index (χ0v) is 13.8. The number of nitrogens with one attached hydrogen (secondary N) is 2. The number of benzene rings is 2. The molecule has 2 rings (SSSR count). The highest BCUT2D eigenvalue weighted by atomic mass is 35.5. The monoisotopic (exact) mass is 368 g/mol. The van der Waals surface area contributed by atoms with Gasteiger partial charge in [-0.15, -0.1) is 0 Å². The molecule has 0 heterocycles. The molecule has 0 aromatic heterocycles. The first-order chi connectivity index (χ1) is 10.9. The number of thiocarbonyl (C=S) groups is 1. The highest BCUT2D eigenvalue weighted by Crippen LogP contribution is 2.25. The molecule has 2 aromatic carbocycles. The Labute approximate surface area is 147 Å². The van der Waals surface area contributed by atoms with Gasteiger partial charge >= 0.3 is 5.97 Å². The van der Waals surface area contributed by atoms with Gasteiger partial charge < -0.3 is 10.4 Å². The average Bonchev–Trinajstić information content (AvgIpc) is 2.50. The predicted octanol–water partition coefficient (Wildman–Crippen LogP) is 3.82. The van der Waals surface area contributed by atoms with Crippen LogP contribution < -0.4 is 10.6 Å². The molecule has 0 atom stereocenters. The lowest BCUT2D eigenvalue weighted by molar-refractivity contribution is 0.0698. The fourth-order valence-electron chi connectivity index (χ4n) is 1.78. The summed E-state index contributed by atoms with van der Waals surface area (Å²) in [5.74, 6) is -1.66. The van der Waals surface area contributed by atoms with E-state index in [0.717, 1.165) is 0 Å². The van der Waals surface area contributed by atoms with Gasteiger partial charge in [0.1, 0.15) is 0 Å². The second-order valence-electron chi connectivity index (χ2n) is 4.36. The summed E-state index contributed by atoms with van der Waals surface area (Å²) in [7, 11) is 0. The number of carboxylic acid groups (broad SMARTS) is 1. The molecule has 0 unspecified atom stereocenters. The maximum atomic E-state index is 12.1. The van der Waals surface area contributed by atoms with Crippen LogP contribution in [-0.2, 0) is 0 Å². The van der Waals surface area contributed by atoms with Crippen LogP contribution in [0.25, 0.3) is 0 Å². The lowest BCUT2D eigenvalue weighted by Gasteiger charge is -2.12. The maximum absolute atomic E-state index is 12.1. The van der Waals surface area contributed by atoms with Gasteiger partial charge in [-0.05, 0) is 36.5 Å². The third-order valence-corrected chi connectivity index (χ3v) is 3.85. The molecule has 1 amide bonds. The summed E-state index contributed by atoms with van der Waals surface area (Å²) in [4.78, 5) is 23.3. The summed E-state index contributed by atoms with van der Waals surface area (Å²) in [5, 5.41) is 14.5. The first-order valence-electron chi connectivity index (χ1n) is 6.29. The Morgan fingerprint density at radius 3 is 2.35 bits per heavy atom. The first-order valence-corrected chi connectivity index (χ1v) is 7.45. The summed E-state index contributed by atoms with van der Waals surface area (Å²) in [5.41, 5.74) is 0.460. The quantitative estimate of drug-likeness (QED) is 0.717. The largest absolute Gasteiger partial charge is 0.478 e. The Hall–Kier alpha value is -2.15. The number of halogens is 2. The lowest BCUT2D eigenvalue weighted by atomic mass is 10.2. The Balaban J connectivity index is 2.13. The molecular weight excluding hydrogens is 359 g/mol. The molecule has 5 nitrogen and oxygen atoms in total. The van der Waals surface area contributed by atoms with Gasteiger partial charge in [0.15, 0.2) is 5.11 Å². The third kappa shape index (κ3) is 4.19. The van der Waals surface area contributed by atoms with Crippen LogP contribution in [0.5, 0.6) is 0 Å². The Bertz CT molecular complexity index is 796. The zero-order valence-electron chi connectivity index (χ0n) is 11.5. The topological polar surface area (TPSA) is 78.4 Å². The molecule has 0 aliphatic rings. The van der Waals surface area contributed by atoms with E-state index in [1.54, 1.807) is 24.3 Å². The van der Waals surface area contributed by atoms with Crippen molar-refractivity contribution in [3.8, 4) is 0 Å². The van der Waals surface area contributed by atoms with Crippen LogP contribution in [0.3, 0.4) is 0 Å². The van der Waals surface area contributed by atoms with E-state index >= 15 is 0 Å². The van der Waals surface area contributed by atoms with Crippen molar-refractivity contribution in [3.05, 3.63) is 63.6 Å². The lowest BCUT2D eigenvalue weighted by Crippen LogP contribution is -2.34. The number of carbonyl (C=O) groups excluding carboxylic acids is 1. The van der Waals surface area contributed by atoms with E-state index in [4.69, 9.17) is 40.5 Å². The second-order valence-corrected chi connectivity index (χ2v) is 5.55. The minimum atomic E-state index is -1.11. The van der Waals surface area contributed by atoms with Crippen LogP contribution in [0.1, 0.15) is 20.7 Å². The van der Waals surface area contributed by atoms with Gasteiger partial charge in [0, 0.05) is 0 Å². The average molecular weight is 369 g/mol. The van der Waals surface area contributed by atoms with Gasteiger partial charge in [-0.3, -0.25) is 10.1 Å². The maximum Gasteiger partial charge on any atom is 0.337 e. The Morgan fingerprint density at radius 2 is 1.65 bits per heavy atom. The van der Waals surface area contributed by atoms with E-state index in [9.17, 15) is 9.59 Å². The summed E-state index contributed by atoms with van der Waals surface area (Å²) < 4.78 is 0. The van der Waals surface area contributed by atoms with Crippen molar-refractivity contribution in [2.24, 2.45) is 0 Å². The minimum absolute atomic E-state index is 0.0323. The SMILES string of the molecule is O=C(O)c1ccccc1NC(=S)NC(=O)c1cccc(Cl)c1Cl. The number of rotatable bonds is 3. The van der Waals surface area contributed by atoms with Crippen LogP contribution in [-0.4, -0.2) is 22.1 Å². The molecule has 118 valence electrons. The fraction of sp³-hybridized carbons (Fsp3) is 0. The molecule has 23 heavy (non-hydrogen) atoms. The van der Waals surface area contributed by atoms with Crippen LogP contribution in [0.15, 0.2) is 42.5 Å². The summed E-state index contributed by atoms with van der Waals surface area (Å²) in [6, 6.07) is 10.8. The molecule has 0 radical (unpaired) electrons. The molecule has 0 saturated heterocycles. The van der Waals surface area contributed by atoms with Gasteiger partial charge in [0.05, 0.1) is 26.9 Å². The third-order valence-electron chi connectivity index (χ3n) is 2.83. The highest BCUT2D eigenvalue weighted by molar-refractivity contribution is 7.80. The van der Waals surface area contributed by atoms with Crippen molar-refractivity contribution < 1.29 is 14.7 Å². The molecule has 0 aliphatic heterocycles. The van der Waals surface area contributed by atoms with E-state index in [0.29, 0.717) is 0 Å². The molecule has 0 fully saturated rings. The van der Waals surface area contributed by atoms with E-state index in [1.807, 2.05) is 0 Å². The molecule has 3 N–H and O–H groups in total. The zero-order chi connectivity index (χ0) is 17.0. The Kier molecular flexibility index (Phi) is 5.54. The molecule has 0 spiro atoms. The van der Waals surface area contributed by atoms with Crippen molar-refractivity contribution in [1.82, 2.24) is 5.32 Å². The predicted molar refractivity (Wildman–Crippen MR) is 93.6 cm³/mol. The standard InChI is InChI=1S/C15H10Cl2N2O3S/c16-10-6-3-5-9(12(10)17)13(20)19-15(23)18-11-7-2-1-4-8(11)14(21)22/h1-7H,(H,21,22)(H2,18,19,20,23). The summed E-state index contributed by atoms with van der Waals surface area (Å²) >= 11 is 16.8. The summed E-state index contributed by atoms with van der Waals surface area (Å²) in [6.07, 6.45) is 0. The first kappa shape index (κ1) is 17.2. The van der Waals surface area contributed by atoms with Crippen molar-refractivity contribution in [1.29, 1.82) is 0 Å². The highest BCUT2D eigenvalue weighted by Gasteiger charge is 2.15. The van der Waals surface area contributed by atoms with Crippen LogP contribution in [0.4, 0.5) is 5.69 Å². The molecule has 0 bridgehead atoms. The number of hydrogen-bond acceptors (Lipinski definition) is 3. The van der Waals surface area contributed by atoms with Crippen LogP contribution >= 0.6 is 35.4 Å². The van der Waals surface area contributed by atoms with E-state index < -0.39 is 11.9 Å². The van der Waals surface area contributed by atoms with E-state index in [2.05, 4.69) is 10.6 Å². The molecule has 8 heteroatoms. The number of hydrogen-bond donors (Lipinski definition) is 3. The van der Waals surface area contributed by atoms with E-state index in [-0.39, 0.29) is 32.0 Å². The molecule has 2 aromatic rings. The number of amides is 1. The second kappa shape index (κ2) is 7.41. The number of anilines is 1. The van der Waals surface area contributed by atoms with Crippen LogP contribution in [0.2, 0.25) is 10.0 Å². The van der Waals surface area contributed by atoms with Gasteiger partial charge in [0.2, 0.25) is 0 Å². The van der Waals surface area contributed by atoms with Crippen LogP contribution in [0, 0.1) is 0 Å². The smallest absolute Gasteiger partial charge is 0.337 e. The normalized spacial score (nSPS) is 10.0. The van der Waals surface area contributed by atoms with Crippen molar-refractivity contribution >= 4 is 58.1 Å². The fourth-order valence-corrected chi connectivity index (χ4v) is 2.37. The molecule has 0 aliphatic carbocycles. The van der Waals surface area contributed by atoms with E-state index in [1.165, 1.54) is 18.2 Å². The van der Waals surface area contributed by atoms with Crippen molar-refractivity contribution in [2.45, 2.75) is 0 Å². The van der Waals surface area contributed by atoms with Gasteiger partial charge in [0.25, 0.3) is 5.91 Å². The number of aromatic carboxylic acids is 1. The molecular formula is C15H10Cl2N2O3S. The van der Waals surface area contributed by atoms with Gasteiger partial charge in [-0.1, -0.05) is 41.4 Å². The number of para-hydroxylation sites is 1. The van der Waals surface area contributed by atoms with Crippen molar-refractivity contribution in [3.63, 3.8) is 0 Å². The van der Waals surface area contributed by atoms with Gasteiger partial charge in [-0.2, -0.15) is 0 Å². The minimum Gasteiger partial charge on any atom is -0.478 e. The Morgan fingerprint density at radius 1 is 1.00 bits per heavy atom. The number of carboxylic acids is 1.